The molecule has 8 heteroatoms. The fourth-order valence-electron chi connectivity index (χ4n) is 1.69. The van der Waals surface area contributed by atoms with Gasteiger partial charge in [-0.25, -0.2) is 4.68 Å². The van der Waals surface area contributed by atoms with Gasteiger partial charge in [0.2, 0.25) is 0 Å². The van der Waals surface area contributed by atoms with Gasteiger partial charge >= 0.3 is 6.18 Å². The van der Waals surface area contributed by atoms with Gasteiger partial charge in [-0.3, -0.25) is 10.3 Å². The number of aliphatic hydroxyl groups excluding tert-OH is 1. The Morgan fingerprint density at radius 2 is 2.20 bits per heavy atom. The van der Waals surface area contributed by atoms with Crippen LogP contribution >= 0.6 is 0 Å². The van der Waals surface area contributed by atoms with E-state index < -0.39 is 18.9 Å². The maximum atomic E-state index is 12.1. The van der Waals surface area contributed by atoms with Crippen molar-refractivity contribution in [1.82, 2.24) is 20.1 Å². The predicted molar refractivity (Wildman–Crippen MR) is 65.1 cm³/mol. The van der Waals surface area contributed by atoms with Crippen molar-refractivity contribution in [2.75, 3.05) is 6.54 Å². The first kappa shape index (κ1) is 14.5. The Morgan fingerprint density at radius 3 is 2.80 bits per heavy atom. The van der Waals surface area contributed by atoms with Crippen LogP contribution in [0.3, 0.4) is 0 Å². The molecule has 0 aliphatic carbocycles. The molecule has 2 heterocycles. The van der Waals surface area contributed by atoms with Crippen molar-refractivity contribution in [2.24, 2.45) is 0 Å². The number of rotatable bonds is 4. The van der Waals surface area contributed by atoms with E-state index in [-0.39, 0.29) is 5.56 Å². The third kappa shape index (κ3) is 3.55. The average molecular weight is 286 g/mol. The van der Waals surface area contributed by atoms with E-state index in [1.54, 1.807) is 31.5 Å². The fraction of sp³-hybridized carbons (Fsp3) is 0.333. The Morgan fingerprint density at radius 1 is 1.45 bits per heavy atom. The molecule has 0 aromatic carbocycles. The van der Waals surface area contributed by atoms with Crippen molar-refractivity contribution < 1.29 is 18.3 Å². The lowest BCUT2D eigenvalue weighted by molar-refractivity contribution is -0.131. The molecule has 1 unspecified atom stereocenters. The van der Waals surface area contributed by atoms with Crippen molar-refractivity contribution in [3.8, 4) is 5.69 Å². The van der Waals surface area contributed by atoms with E-state index in [4.69, 9.17) is 0 Å². The first-order chi connectivity index (χ1) is 9.37. The second kappa shape index (κ2) is 5.59. The molecule has 0 aliphatic rings. The van der Waals surface area contributed by atoms with Crippen molar-refractivity contribution >= 4 is 0 Å². The van der Waals surface area contributed by atoms with E-state index in [1.807, 2.05) is 5.32 Å². The number of aromatic nitrogens is 3. The quantitative estimate of drug-likeness (QED) is 0.840. The maximum absolute atomic E-state index is 12.1. The number of aliphatic hydroxyl groups is 1. The molecule has 20 heavy (non-hydrogen) atoms. The molecule has 2 aromatic heterocycles. The summed E-state index contributed by atoms with van der Waals surface area (Å²) in [5.41, 5.74) is 1.39. The smallest absolute Gasteiger partial charge is 0.374 e. The molecular formula is C12H13F3N4O. The summed E-state index contributed by atoms with van der Waals surface area (Å²) >= 11 is 0. The van der Waals surface area contributed by atoms with Crippen LogP contribution in [0.15, 0.2) is 30.7 Å². The summed E-state index contributed by atoms with van der Waals surface area (Å²) in [5, 5.41) is 15.9. The molecule has 2 rings (SSSR count). The molecular weight excluding hydrogens is 273 g/mol. The monoisotopic (exact) mass is 286 g/mol. The topological polar surface area (TPSA) is 63.0 Å². The zero-order valence-corrected chi connectivity index (χ0v) is 10.6. The number of pyridine rings is 1. The van der Waals surface area contributed by atoms with E-state index in [2.05, 4.69) is 10.1 Å². The van der Waals surface area contributed by atoms with E-state index in [0.29, 0.717) is 11.4 Å². The normalized spacial score (nSPS) is 13.4. The SMILES string of the molecule is Cc1nn(-c2cccnc2)cc1C(O)NCC(F)(F)F. The lowest BCUT2D eigenvalue weighted by atomic mass is 10.2. The number of nitrogens with one attached hydrogen (secondary N) is 1. The molecule has 0 saturated carbocycles. The molecule has 0 amide bonds. The lowest BCUT2D eigenvalue weighted by Crippen LogP contribution is -2.32. The molecule has 5 nitrogen and oxygen atoms in total. The van der Waals surface area contributed by atoms with Crippen LogP contribution in [-0.2, 0) is 0 Å². The summed E-state index contributed by atoms with van der Waals surface area (Å²) in [6.45, 7) is 0.340. The van der Waals surface area contributed by atoms with Crippen molar-refractivity contribution in [1.29, 1.82) is 0 Å². The fourth-order valence-corrected chi connectivity index (χ4v) is 1.69. The molecule has 1 atom stereocenters. The number of nitrogens with zero attached hydrogens (tertiary/aromatic N) is 3. The van der Waals surface area contributed by atoms with Gasteiger partial charge in [-0.1, -0.05) is 0 Å². The van der Waals surface area contributed by atoms with Gasteiger partial charge < -0.3 is 5.11 Å². The second-order valence-electron chi connectivity index (χ2n) is 4.22. The molecule has 0 radical (unpaired) electrons. The Labute approximate surface area is 113 Å². The Hall–Kier alpha value is -1.93. The largest absolute Gasteiger partial charge is 0.401 e. The summed E-state index contributed by atoms with van der Waals surface area (Å²) in [4.78, 5) is 3.93. The first-order valence-corrected chi connectivity index (χ1v) is 5.81. The summed E-state index contributed by atoms with van der Waals surface area (Å²) in [6.07, 6.45) is -1.18. The Bertz CT molecular complexity index is 568. The summed E-state index contributed by atoms with van der Waals surface area (Å²) in [6, 6.07) is 3.46. The second-order valence-corrected chi connectivity index (χ2v) is 4.22. The van der Waals surface area contributed by atoms with Gasteiger partial charge in [0.1, 0.15) is 6.23 Å². The molecule has 2 N–H and O–H groups in total. The van der Waals surface area contributed by atoms with Crippen LogP contribution in [-0.4, -0.2) is 32.6 Å². The highest BCUT2D eigenvalue weighted by Gasteiger charge is 2.28. The molecule has 0 fully saturated rings. The van der Waals surface area contributed by atoms with E-state index in [1.165, 1.54) is 10.9 Å². The van der Waals surface area contributed by atoms with Gasteiger partial charge in [0.25, 0.3) is 0 Å². The minimum atomic E-state index is -4.38. The standard InChI is InChI=1S/C12H13F3N4O/c1-8-10(11(20)17-7-12(13,14)15)6-19(18-8)9-3-2-4-16-5-9/h2-6,11,17,20H,7H2,1H3. The minimum Gasteiger partial charge on any atom is -0.374 e. The zero-order valence-electron chi connectivity index (χ0n) is 10.6. The third-order valence-electron chi connectivity index (χ3n) is 2.64. The Kier molecular flexibility index (Phi) is 4.05. The van der Waals surface area contributed by atoms with E-state index in [0.717, 1.165) is 0 Å². The number of hydrogen-bond acceptors (Lipinski definition) is 4. The van der Waals surface area contributed by atoms with Crippen LogP contribution < -0.4 is 5.32 Å². The molecule has 0 saturated heterocycles. The van der Waals surface area contributed by atoms with E-state index in [9.17, 15) is 18.3 Å². The Balaban J connectivity index is 2.15. The van der Waals surface area contributed by atoms with Gasteiger partial charge in [-0.05, 0) is 19.1 Å². The van der Waals surface area contributed by atoms with Gasteiger partial charge in [-0.15, -0.1) is 0 Å². The molecule has 108 valence electrons. The van der Waals surface area contributed by atoms with Crippen LogP contribution in [0.1, 0.15) is 17.5 Å². The molecule has 2 aromatic rings. The van der Waals surface area contributed by atoms with Crippen LogP contribution in [0.5, 0.6) is 0 Å². The van der Waals surface area contributed by atoms with Crippen molar-refractivity contribution in [3.05, 3.63) is 42.0 Å². The summed E-state index contributed by atoms with van der Waals surface area (Å²) in [5.74, 6) is 0. The first-order valence-electron chi connectivity index (χ1n) is 5.81. The van der Waals surface area contributed by atoms with Crippen LogP contribution in [0.4, 0.5) is 13.2 Å². The number of aryl methyl sites for hydroxylation is 1. The molecule has 0 aliphatic heterocycles. The maximum Gasteiger partial charge on any atom is 0.401 e. The number of hydrogen-bond donors (Lipinski definition) is 2. The van der Waals surface area contributed by atoms with Crippen LogP contribution in [0, 0.1) is 6.92 Å². The highest BCUT2D eigenvalue weighted by Crippen LogP contribution is 2.19. The predicted octanol–water partition coefficient (Wildman–Crippen LogP) is 1.72. The lowest BCUT2D eigenvalue weighted by Gasteiger charge is -2.13. The molecule has 0 spiro atoms. The summed E-state index contributed by atoms with van der Waals surface area (Å²) < 4.78 is 37.8. The van der Waals surface area contributed by atoms with E-state index >= 15 is 0 Å². The average Bonchev–Trinajstić information content (AvgIpc) is 2.78. The van der Waals surface area contributed by atoms with Gasteiger partial charge in [0, 0.05) is 18.0 Å². The summed E-state index contributed by atoms with van der Waals surface area (Å²) in [7, 11) is 0. The van der Waals surface area contributed by atoms with Gasteiger partial charge in [0.15, 0.2) is 0 Å². The van der Waals surface area contributed by atoms with Gasteiger partial charge in [-0.2, -0.15) is 18.3 Å². The van der Waals surface area contributed by atoms with Gasteiger partial charge in [0.05, 0.1) is 24.1 Å². The third-order valence-corrected chi connectivity index (χ3v) is 2.64. The van der Waals surface area contributed by atoms with Crippen molar-refractivity contribution in [3.63, 3.8) is 0 Å². The molecule has 0 bridgehead atoms. The highest BCUT2D eigenvalue weighted by atomic mass is 19.4. The van der Waals surface area contributed by atoms with Crippen LogP contribution in [0.2, 0.25) is 0 Å². The highest BCUT2D eigenvalue weighted by molar-refractivity contribution is 5.30. The van der Waals surface area contributed by atoms with Crippen molar-refractivity contribution in [2.45, 2.75) is 19.3 Å². The zero-order chi connectivity index (χ0) is 14.8. The van der Waals surface area contributed by atoms with Crippen LogP contribution in [0.25, 0.3) is 5.69 Å². The minimum absolute atomic E-state index is 0.290. The number of alkyl halides is 3. The number of halogens is 3.